The van der Waals surface area contributed by atoms with E-state index in [-0.39, 0.29) is 0 Å². The van der Waals surface area contributed by atoms with E-state index >= 15 is 0 Å². The van der Waals surface area contributed by atoms with E-state index in [1.807, 2.05) is 20.8 Å². The Bertz CT molecular complexity index is 178. The maximum atomic E-state index is 2.43. The first-order chi connectivity index (χ1) is 8.49. The fraction of sp³-hybridized carbons (Fsp3) is 0.889. The summed E-state index contributed by atoms with van der Waals surface area (Å²) in [6.45, 7) is 17.4. The van der Waals surface area contributed by atoms with Gasteiger partial charge < -0.3 is 0 Å². The Morgan fingerprint density at radius 1 is 0.944 bits per heavy atom. The van der Waals surface area contributed by atoms with Gasteiger partial charge in [0.2, 0.25) is 0 Å². The molecule has 1 saturated carbocycles. The van der Waals surface area contributed by atoms with Crippen molar-refractivity contribution in [1.29, 1.82) is 0 Å². The molecular formula is C18H38. The Morgan fingerprint density at radius 2 is 1.33 bits per heavy atom. The predicted molar refractivity (Wildman–Crippen MR) is 87.0 cm³/mol. The van der Waals surface area contributed by atoms with Gasteiger partial charge in [0.15, 0.2) is 0 Å². The van der Waals surface area contributed by atoms with E-state index in [9.17, 15) is 0 Å². The van der Waals surface area contributed by atoms with Crippen molar-refractivity contribution in [3.8, 4) is 0 Å². The van der Waals surface area contributed by atoms with Crippen molar-refractivity contribution in [3.63, 3.8) is 0 Å². The maximum Gasteiger partial charge on any atom is -0.0386 e. The molecule has 0 heterocycles. The first kappa shape index (κ1) is 20.1. The summed E-state index contributed by atoms with van der Waals surface area (Å²) in [6, 6.07) is 0. The Balaban J connectivity index is 0. The second-order valence-electron chi connectivity index (χ2n) is 5.87. The molecule has 1 fully saturated rings. The van der Waals surface area contributed by atoms with Crippen molar-refractivity contribution >= 4 is 0 Å². The number of hydrogen-bond acceptors (Lipinski definition) is 0. The summed E-state index contributed by atoms with van der Waals surface area (Å²) in [7, 11) is 0. The average molecular weight is 255 g/mol. The molecule has 0 aromatic heterocycles. The topological polar surface area (TPSA) is 0 Å². The van der Waals surface area contributed by atoms with Gasteiger partial charge in [0.1, 0.15) is 0 Å². The Hall–Kier alpha value is -0.260. The highest BCUT2D eigenvalue weighted by Gasteiger charge is 2.21. The zero-order valence-corrected chi connectivity index (χ0v) is 14.3. The van der Waals surface area contributed by atoms with Crippen molar-refractivity contribution in [1.82, 2.24) is 0 Å². The molecule has 0 bridgehead atoms. The molecule has 1 rings (SSSR count). The lowest BCUT2D eigenvalue weighted by atomic mass is 9.76. The van der Waals surface area contributed by atoms with Crippen LogP contribution in [0.2, 0.25) is 0 Å². The summed E-state index contributed by atoms with van der Waals surface area (Å²) in [5, 5.41) is 0. The predicted octanol–water partition coefficient (Wildman–Crippen LogP) is 6.86. The molecule has 0 radical (unpaired) electrons. The van der Waals surface area contributed by atoms with Gasteiger partial charge in [0.05, 0.1) is 0 Å². The van der Waals surface area contributed by atoms with Gasteiger partial charge >= 0.3 is 0 Å². The van der Waals surface area contributed by atoms with Crippen LogP contribution in [0.15, 0.2) is 11.6 Å². The molecule has 0 aromatic rings. The van der Waals surface area contributed by atoms with Gasteiger partial charge in [0.25, 0.3) is 0 Å². The third kappa shape index (κ3) is 10.9. The number of allylic oxidation sites excluding steroid dienone is 2. The van der Waals surface area contributed by atoms with E-state index < -0.39 is 0 Å². The highest BCUT2D eigenvalue weighted by molar-refractivity contribution is 4.88. The summed E-state index contributed by atoms with van der Waals surface area (Å²) >= 11 is 0. The van der Waals surface area contributed by atoms with Gasteiger partial charge in [-0.1, -0.05) is 78.4 Å². The van der Waals surface area contributed by atoms with Crippen LogP contribution in [0.4, 0.5) is 0 Å². The van der Waals surface area contributed by atoms with Gasteiger partial charge in [0, 0.05) is 0 Å². The van der Waals surface area contributed by atoms with Crippen LogP contribution in [0.1, 0.15) is 87.5 Å². The van der Waals surface area contributed by atoms with Crippen molar-refractivity contribution < 1.29 is 0 Å². The first-order valence-corrected chi connectivity index (χ1v) is 8.08. The molecule has 0 saturated heterocycles. The summed E-state index contributed by atoms with van der Waals surface area (Å²) in [5.41, 5.74) is 1.38. The number of hydrogen-bond donors (Lipinski definition) is 0. The van der Waals surface area contributed by atoms with E-state index in [0.29, 0.717) is 0 Å². The monoisotopic (exact) mass is 254 g/mol. The summed E-state index contributed by atoms with van der Waals surface area (Å²) < 4.78 is 0. The zero-order chi connectivity index (χ0) is 14.6. The smallest absolute Gasteiger partial charge is 0.0386 e. The van der Waals surface area contributed by atoms with Gasteiger partial charge in [-0.2, -0.15) is 0 Å². The second-order valence-corrected chi connectivity index (χ2v) is 5.87. The lowest BCUT2D eigenvalue weighted by Gasteiger charge is -2.30. The minimum atomic E-state index is 0.887. The van der Waals surface area contributed by atoms with Crippen LogP contribution in [0, 0.1) is 17.8 Å². The molecule has 0 nitrogen and oxygen atoms in total. The summed E-state index contributed by atoms with van der Waals surface area (Å²) in [6.07, 6.45) is 9.55. The lowest BCUT2D eigenvalue weighted by molar-refractivity contribution is 0.213. The van der Waals surface area contributed by atoms with Crippen molar-refractivity contribution in [3.05, 3.63) is 11.6 Å². The second kappa shape index (κ2) is 13.2. The summed E-state index contributed by atoms with van der Waals surface area (Å²) in [5.74, 6) is 2.89. The standard InChI is InChI=1S/C11H22.C5H10.C2H6/c1-9(2)10(3)11-7-5-4-6-8-11;1-4-5(2)3;1-2/h9-11H,4-8H2,1-3H3;4H,1-3H3;1-2H3. The van der Waals surface area contributed by atoms with E-state index in [1.165, 1.54) is 37.7 Å². The van der Waals surface area contributed by atoms with Gasteiger partial charge in [-0.05, 0) is 38.5 Å². The van der Waals surface area contributed by atoms with Crippen LogP contribution in [-0.4, -0.2) is 0 Å². The fourth-order valence-corrected chi connectivity index (χ4v) is 2.20. The van der Waals surface area contributed by atoms with Crippen LogP contribution < -0.4 is 0 Å². The normalized spacial score (nSPS) is 16.9. The first-order valence-electron chi connectivity index (χ1n) is 8.08. The number of rotatable bonds is 2. The summed E-state index contributed by atoms with van der Waals surface area (Å²) in [4.78, 5) is 0. The molecule has 18 heavy (non-hydrogen) atoms. The minimum Gasteiger partial charge on any atom is -0.0890 e. The molecule has 1 aliphatic carbocycles. The quantitative estimate of drug-likeness (QED) is 0.472. The Labute approximate surface area is 117 Å². The Morgan fingerprint density at radius 3 is 1.61 bits per heavy atom. The zero-order valence-electron chi connectivity index (χ0n) is 14.3. The van der Waals surface area contributed by atoms with Crippen molar-refractivity contribution in [2.75, 3.05) is 0 Å². The minimum absolute atomic E-state index is 0.887. The lowest BCUT2D eigenvalue weighted by Crippen LogP contribution is -2.19. The third-order valence-electron chi connectivity index (χ3n) is 4.02. The molecule has 0 amide bonds. The maximum absolute atomic E-state index is 2.43. The van der Waals surface area contributed by atoms with Crippen LogP contribution in [0.25, 0.3) is 0 Å². The molecule has 0 N–H and O–H groups in total. The van der Waals surface area contributed by atoms with Crippen molar-refractivity contribution in [2.24, 2.45) is 17.8 Å². The van der Waals surface area contributed by atoms with Crippen LogP contribution >= 0.6 is 0 Å². The molecule has 1 unspecified atom stereocenters. The molecular weight excluding hydrogens is 216 g/mol. The molecule has 110 valence electrons. The van der Waals surface area contributed by atoms with E-state index in [4.69, 9.17) is 0 Å². The molecule has 0 aliphatic heterocycles. The van der Waals surface area contributed by atoms with E-state index in [0.717, 1.165) is 17.8 Å². The van der Waals surface area contributed by atoms with Gasteiger partial charge in [-0.25, -0.2) is 0 Å². The van der Waals surface area contributed by atoms with E-state index in [1.54, 1.807) is 0 Å². The highest BCUT2D eigenvalue weighted by atomic mass is 14.3. The molecule has 1 atom stereocenters. The molecule has 1 aliphatic rings. The third-order valence-corrected chi connectivity index (χ3v) is 4.02. The van der Waals surface area contributed by atoms with Crippen LogP contribution in [-0.2, 0) is 0 Å². The SMILES string of the molecule is CC.CC(C)C(C)C1CCCCC1.CC=C(C)C. The van der Waals surface area contributed by atoms with Crippen LogP contribution in [0.3, 0.4) is 0 Å². The van der Waals surface area contributed by atoms with Gasteiger partial charge in [-0.15, -0.1) is 0 Å². The fourth-order valence-electron chi connectivity index (χ4n) is 2.20. The molecule has 0 spiro atoms. The largest absolute Gasteiger partial charge is 0.0890 e. The highest BCUT2D eigenvalue weighted by Crippen LogP contribution is 2.33. The van der Waals surface area contributed by atoms with Gasteiger partial charge in [-0.3, -0.25) is 0 Å². The molecule has 0 heteroatoms. The average Bonchev–Trinajstić information content (AvgIpc) is 2.41. The van der Waals surface area contributed by atoms with Crippen molar-refractivity contribution in [2.45, 2.75) is 87.5 Å². The molecule has 0 aromatic carbocycles. The Kier molecular flexibility index (Phi) is 14.7. The van der Waals surface area contributed by atoms with E-state index in [2.05, 4.69) is 40.7 Å². The van der Waals surface area contributed by atoms with Crippen LogP contribution in [0.5, 0.6) is 0 Å².